The summed E-state index contributed by atoms with van der Waals surface area (Å²) < 4.78 is -1.07. The Bertz CT molecular complexity index is 969. The normalized spacial score (nSPS) is 25.3. The summed E-state index contributed by atoms with van der Waals surface area (Å²) in [6.07, 6.45) is 0.0134. The highest BCUT2D eigenvalue weighted by atomic mass is 32.2. The number of aliphatic imine (C=N–C) groups is 1. The highest BCUT2D eigenvalue weighted by Crippen LogP contribution is 2.46. The molecule has 136 valence electrons. The van der Waals surface area contributed by atoms with E-state index in [-0.39, 0.29) is 24.1 Å². The molecule has 1 fully saturated rings. The second kappa shape index (κ2) is 6.46. The number of carbonyl (C=O) groups excluding carboxylic acids is 3. The van der Waals surface area contributed by atoms with Crippen molar-refractivity contribution < 1.29 is 14.4 Å². The minimum atomic E-state index is -1.07. The Morgan fingerprint density at radius 1 is 1.04 bits per heavy atom. The summed E-state index contributed by atoms with van der Waals surface area (Å²) in [4.78, 5) is 43.8. The van der Waals surface area contributed by atoms with Gasteiger partial charge in [0, 0.05) is 12.0 Å². The molecular formula is C21H18N2O3S. The molecule has 0 radical (unpaired) electrons. The van der Waals surface area contributed by atoms with Gasteiger partial charge in [-0.3, -0.25) is 19.3 Å². The Labute approximate surface area is 161 Å². The van der Waals surface area contributed by atoms with E-state index in [2.05, 4.69) is 4.99 Å². The second-order valence-electron chi connectivity index (χ2n) is 6.96. The van der Waals surface area contributed by atoms with Crippen molar-refractivity contribution in [1.29, 1.82) is 0 Å². The molecule has 2 aromatic rings. The van der Waals surface area contributed by atoms with E-state index in [4.69, 9.17) is 0 Å². The van der Waals surface area contributed by atoms with Crippen LogP contribution >= 0.6 is 11.8 Å². The second-order valence-corrected chi connectivity index (χ2v) is 8.40. The van der Waals surface area contributed by atoms with Crippen LogP contribution in [0.25, 0.3) is 0 Å². The number of benzene rings is 2. The van der Waals surface area contributed by atoms with Gasteiger partial charge in [0.2, 0.25) is 11.8 Å². The van der Waals surface area contributed by atoms with Crippen LogP contribution in [-0.2, 0) is 14.4 Å². The van der Waals surface area contributed by atoms with Gasteiger partial charge in [0.1, 0.15) is 9.79 Å². The van der Waals surface area contributed by atoms with E-state index in [1.807, 2.05) is 49.4 Å². The van der Waals surface area contributed by atoms with E-state index in [1.165, 1.54) is 16.7 Å². The summed E-state index contributed by atoms with van der Waals surface area (Å²) in [6.45, 7) is 3.66. The monoisotopic (exact) mass is 378 g/mol. The lowest BCUT2D eigenvalue weighted by atomic mass is 9.91. The van der Waals surface area contributed by atoms with Gasteiger partial charge in [0.15, 0.2) is 0 Å². The van der Waals surface area contributed by atoms with Crippen LogP contribution in [0.4, 0.5) is 5.69 Å². The van der Waals surface area contributed by atoms with Crippen LogP contribution in [0.1, 0.15) is 24.5 Å². The van der Waals surface area contributed by atoms with Crippen molar-refractivity contribution in [2.45, 2.75) is 25.0 Å². The third-order valence-corrected chi connectivity index (χ3v) is 6.46. The Morgan fingerprint density at radius 3 is 2.37 bits per heavy atom. The minimum absolute atomic E-state index is 0.0134. The molecule has 27 heavy (non-hydrogen) atoms. The molecule has 2 aromatic carbocycles. The zero-order chi connectivity index (χ0) is 19.2. The first-order valence-electron chi connectivity index (χ1n) is 8.71. The summed E-state index contributed by atoms with van der Waals surface area (Å²) in [5.41, 5.74) is 2.43. The van der Waals surface area contributed by atoms with Gasteiger partial charge in [-0.05, 0) is 26.0 Å². The first-order valence-corrected chi connectivity index (χ1v) is 9.53. The molecule has 2 heterocycles. The molecule has 0 N–H and O–H groups in total. The van der Waals surface area contributed by atoms with Crippen molar-refractivity contribution in [3.8, 4) is 0 Å². The highest BCUT2D eigenvalue weighted by molar-refractivity contribution is 8.16. The van der Waals surface area contributed by atoms with Crippen LogP contribution in [-0.4, -0.2) is 27.5 Å². The van der Waals surface area contributed by atoms with Crippen LogP contribution in [0.2, 0.25) is 0 Å². The lowest BCUT2D eigenvalue weighted by molar-refractivity contribution is -0.127. The molecular weight excluding hydrogens is 360 g/mol. The van der Waals surface area contributed by atoms with E-state index in [0.717, 1.165) is 11.1 Å². The molecule has 2 atom stereocenters. The molecule has 3 amide bonds. The van der Waals surface area contributed by atoms with Gasteiger partial charge in [-0.25, -0.2) is 4.99 Å². The summed E-state index contributed by atoms with van der Waals surface area (Å²) in [7, 11) is 0. The van der Waals surface area contributed by atoms with Crippen molar-refractivity contribution in [3.63, 3.8) is 0 Å². The first-order chi connectivity index (χ1) is 12.9. The van der Waals surface area contributed by atoms with Gasteiger partial charge in [-0.2, -0.15) is 0 Å². The van der Waals surface area contributed by atoms with Gasteiger partial charge in [0.05, 0.1) is 11.6 Å². The predicted molar refractivity (Wildman–Crippen MR) is 106 cm³/mol. The Kier molecular flexibility index (Phi) is 4.23. The fraction of sp³-hybridized carbons (Fsp3) is 0.238. The molecule has 4 rings (SSSR count). The molecule has 0 unspecified atom stereocenters. The maximum absolute atomic E-state index is 13.1. The topological polar surface area (TPSA) is 66.8 Å². The third-order valence-electron chi connectivity index (χ3n) is 5.06. The molecule has 0 bridgehead atoms. The lowest BCUT2D eigenvalue weighted by Crippen LogP contribution is -2.42. The molecule has 0 spiro atoms. The van der Waals surface area contributed by atoms with Gasteiger partial charge < -0.3 is 0 Å². The lowest BCUT2D eigenvalue weighted by Gasteiger charge is -2.25. The van der Waals surface area contributed by atoms with Crippen LogP contribution in [0.15, 0.2) is 59.6 Å². The Hall–Kier alpha value is -2.73. The molecule has 0 aliphatic carbocycles. The summed E-state index contributed by atoms with van der Waals surface area (Å²) in [6, 6.07) is 16.6. The molecule has 5 nitrogen and oxygen atoms in total. The number of rotatable bonds is 3. The first kappa shape index (κ1) is 17.7. The van der Waals surface area contributed by atoms with Crippen molar-refractivity contribution in [1.82, 2.24) is 0 Å². The third kappa shape index (κ3) is 2.90. The number of carbonyl (C=O) groups is 3. The van der Waals surface area contributed by atoms with Crippen LogP contribution in [0.3, 0.4) is 0 Å². The zero-order valence-electron chi connectivity index (χ0n) is 15.0. The number of amides is 3. The Morgan fingerprint density at radius 2 is 1.70 bits per heavy atom. The number of aryl methyl sites for hydroxylation is 1. The number of anilines is 1. The van der Waals surface area contributed by atoms with E-state index in [0.29, 0.717) is 10.7 Å². The average molecular weight is 378 g/mol. The molecule has 1 saturated heterocycles. The van der Waals surface area contributed by atoms with Gasteiger partial charge in [-0.1, -0.05) is 59.8 Å². The van der Waals surface area contributed by atoms with Crippen molar-refractivity contribution in [2.24, 2.45) is 10.9 Å². The fourth-order valence-corrected chi connectivity index (χ4v) is 4.67. The van der Waals surface area contributed by atoms with E-state index in [1.54, 1.807) is 19.1 Å². The predicted octanol–water partition coefficient (Wildman–Crippen LogP) is 3.35. The van der Waals surface area contributed by atoms with Gasteiger partial charge in [0.25, 0.3) is 5.91 Å². The summed E-state index contributed by atoms with van der Waals surface area (Å²) in [5, 5.41) is 0.595. The molecule has 0 saturated carbocycles. The zero-order valence-corrected chi connectivity index (χ0v) is 15.8. The Balaban J connectivity index is 1.62. The molecule has 6 heteroatoms. The molecule has 2 aliphatic rings. The smallest absolute Gasteiger partial charge is 0.263 e. The fourth-order valence-electron chi connectivity index (χ4n) is 3.42. The maximum Gasteiger partial charge on any atom is 0.263 e. The number of hydrogen-bond donors (Lipinski definition) is 0. The van der Waals surface area contributed by atoms with Crippen molar-refractivity contribution >= 4 is 40.2 Å². The van der Waals surface area contributed by atoms with Gasteiger partial charge in [-0.15, -0.1) is 0 Å². The summed E-state index contributed by atoms with van der Waals surface area (Å²) in [5.74, 6) is -1.70. The average Bonchev–Trinajstić information content (AvgIpc) is 3.14. The van der Waals surface area contributed by atoms with Crippen LogP contribution < -0.4 is 4.90 Å². The summed E-state index contributed by atoms with van der Waals surface area (Å²) >= 11 is 1.28. The number of hydrogen-bond acceptors (Lipinski definition) is 4. The standard InChI is InChI=1S/C21H18N2O3S/c1-13-8-10-15(11-9-13)23-17(24)12-16(19(23)25)21(2)20(26)22-18(27-21)14-6-4-3-5-7-14/h3-11,16H,12H2,1-2H3/t16-,21+/m1/s1. The quantitative estimate of drug-likeness (QED) is 0.768. The molecule has 2 aliphatic heterocycles. The number of nitrogens with zero attached hydrogens (tertiary/aromatic N) is 2. The van der Waals surface area contributed by atoms with Crippen molar-refractivity contribution in [3.05, 3.63) is 65.7 Å². The van der Waals surface area contributed by atoms with E-state index >= 15 is 0 Å². The van der Waals surface area contributed by atoms with E-state index < -0.39 is 10.7 Å². The maximum atomic E-state index is 13.1. The highest BCUT2D eigenvalue weighted by Gasteiger charge is 2.56. The van der Waals surface area contributed by atoms with Crippen LogP contribution in [0, 0.1) is 12.8 Å². The SMILES string of the molecule is Cc1ccc(N2C(=O)C[C@@H]([C@]3(C)SC(c4ccccc4)=NC3=O)C2=O)cc1. The van der Waals surface area contributed by atoms with Crippen molar-refractivity contribution in [2.75, 3.05) is 4.90 Å². The number of imide groups is 1. The number of thioether (sulfide) groups is 1. The molecule has 0 aromatic heterocycles. The van der Waals surface area contributed by atoms with Gasteiger partial charge >= 0.3 is 0 Å². The minimum Gasteiger partial charge on any atom is -0.274 e. The van der Waals surface area contributed by atoms with E-state index in [9.17, 15) is 14.4 Å². The largest absolute Gasteiger partial charge is 0.274 e. The van der Waals surface area contributed by atoms with Crippen LogP contribution in [0.5, 0.6) is 0 Å².